The number of rotatable bonds is 15. The second-order valence-corrected chi connectivity index (χ2v) is 24.2. The summed E-state index contributed by atoms with van der Waals surface area (Å²) in [6.07, 6.45) is 1.91. The number of methoxy groups -OCH3 is 3. The first-order chi connectivity index (χ1) is 46.4. The van der Waals surface area contributed by atoms with Gasteiger partial charge in [0, 0.05) is 0 Å². The summed E-state index contributed by atoms with van der Waals surface area (Å²) in [5, 5.41) is 17.7. The zero-order valence-corrected chi connectivity index (χ0v) is 52.0. The monoisotopic (exact) mass is 1260 g/mol. The molecule has 12 aromatic rings. The fraction of sp³-hybridized carbons (Fsp3) is 0.289. The first-order valence-corrected chi connectivity index (χ1v) is 32.1. The Morgan fingerprint density at radius 2 is 0.351 bits per heavy atom. The molecule has 476 valence electrons. The van der Waals surface area contributed by atoms with Crippen LogP contribution in [-0.4, -0.2) is 120 Å². The van der Waals surface area contributed by atoms with Gasteiger partial charge in [0.15, 0.2) is 103 Å². The van der Waals surface area contributed by atoms with Gasteiger partial charge >= 0.3 is 0 Å². The van der Waals surface area contributed by atoms with E-state index >= 15 is 0 Å². The average molecular weight is 1270 g/mol. The molecule has 0 saturated carbocycles. The molecule has 0 bridgehead atoms. The Kier molecular flexibility index (Phi) is 13.7. The lowest BCUT2D eigenvalue weighted by atomic mass is 9.92. The third kappa shape index (κ3) is 9.49. The maximum atomic E-state index is 6.91. The van der Waals surface area contributed by atoms with Gasteiger partial charge in [0.05, 0.1) is 41.2 Å². The Bertz CT molecular complexity index is 4510. The second-order valence-electron chi connectivity index (χ2n) is 24.2. The Morgan fingerprint density at radius 1 is 0.213 bits per heavy atom. The molecule has 0 amide bonds. The van der Waals surface area contributed by atoms with Crippen molar-refractivity contribution in [3.05, 3.63) is 109 Å². The van der Waals surface area contributed by atoms with Crippen molar-refractivity contribution in [1.29, 1.82) is 0 Å². The highest BCUT2D eigenvalue weighted by atomic mass is 16.6. The van der Waals surface area contributed by atoms with Gasteiger partial charge in [-0.1, -0.05) is 0 Å². The van der Waals surface area contributed by atoms with Crippen LogP contribution < -0.4 is 85.3 Å². The van der Waals surface area contributed by atoms with E-state index in [9.17, 15) is 0 Å². The highest BCUT2D eigenvalue weighted by molar-refractivity contribution is 6.29. The van der Waals surface area contributed by atoms with Crippen LogP contribution in [0, 0.1) is 5.92 Å². The van der Waals surface area contributed by atoms with E-state index in [1.54, 1.807) is 21.3 Å². The Hall–Kier alpha value is -10.6. The van der Waals surface area contributed by atoms with Gasteiger partial charge in [-0.25, -0.2) is 0 Å². The molecule has 6 aliphatic heterocycles. The predicted molar refractivity (Wildman–Crippen MR) is 356 cm³/mol. The Labute approximate surface area is 538 Å². The fourth-order valence-electron chi connectivity index (χ4n) is 14.5. The zero-order chi connectivity index (χ0) is 62.5. The van der Waals surface area contributed by atoms with Crippen molar-refractivity contribution in [2.75, 3.05) is 120 Å². The SMILES string of the molecule is COc1cc2c(cc1OCCC(CCOc1cc3c(cc1OC)c1cc4c(cc1c1cc5c(cc31)OCCO5)OCCO4)CCOc1cc3c(cc1OC)c1cc4c(cc1c1cc5c(cc31)OCCO5)OCCO4)c1cc3c(cc1c1cc4c(cc21)OCCO4)OCCO3. The molecule has 12 aromatic carbocycles. The number of fused-ring (bicyclic) bond motifs is 24. The van der Waals surface area contributed by atoms with Gasteiger partial charge in [0.2, 0.25) is 0 Å². The first kappa shape index (κ1) is 56.2. The van der Waals surface area contributed by atoms with Crippen molar-refractivity contribution in [2.24, 2.45) is 5.92 Å². The zero-order valence-electron chi connectivity index (χ0n) is 52.0. The predicted octanol–water partition coefficient (Wildman–Crippen LogP) is 15.0. The summed E-state index contributed by atoms with van der Waals surface area (Å²) in [5.41, 5.74) is 0. The maximum absolute atomic E-state index is 6.91. The van der Waals surface area contributed by atoms with E-state index in [2.05, 4.69) is 109 Å². The number of benzene rings is 12. The van der Waals surface area contributed by atoms with Crippen molar-refractivity contribution >= 4 is 97.0 Å². The van der Waals surface area contributed by atoms with Crippen molar-refractivity contribution in [3.63, 3.8) is 0 Å². The molecule has 6 aliphatic rings. The van der Waals surface area contributed by atoms with Crippen LogP contribution in [0.2, 0.25) is 0 Å². The van der Waals surface area contributed by atoms with Crippen LogP contribution in [-0.2, 0) is 0 Å². The molecule has 6 heterocycles. The molecule has 94 heavy (non-hydrogen) atoms. The van der Waals surface area contributed by atoms with Gasteiger partial charge in [-0.05, 0) is 231 Å². The molecule has 18 heteroatoms. The minimum absolute atomic E-state index is 0.0230. The van der Waals surface area contributed by atoms with Gasteiger partial charge in [-0.15, -0.1) is 0 Å². The summed E-state index contributed by atoms with van der Waals surface area (Å²) in [6, 6.07) is 37.2. The van der Waals surface area contributed by atoms with E-state index in [-0.39, 0.29) is 5.92 Å². The van der Waals surface area contributed by atoms with Gasteiger partial charge < -0.3 is 85.3 Å². The van der Waals surface area contributed by atoms with E-state index in [0.717, 1.165) is 97.0 Å². The van der Waals surface area contributed by atoms with E-state index in [1.165, 1.54) is 0 Å². The smallest absolute Gasteiger partial charge is 0.162 e. The molecule has 0 fully saturated rings. The first-order valence-electron chi connectivity index (χ1n) is 32.1. The second kappa shape index (κ2) is 22.9. The van der Waals surface area contributed by atoms with Gasteiger partial charge in [-0.3, -0.25) is 0 Å². The molecule has 0 N–H and O–H groups in total. The number of ether oxygens (including phenoxy) is 18. The lowest BCUT2D eigenvalue weighted by Gasteiger charge is -2.23. The van der Waals surface area contributed by atoms with Crippen LogP contribution in [0.25, 0.3) is 97.0 Å². The van der Waals surface area contributed by atoms with Crippen LogP contribution in [0.4, 0.5) is 0 Å². The largest absolute Gasteiger partial charge is 0.493 e. The van der Waals surface area contributed by atoms with E-state index in [1.807, 2.05) is 0 Å². The molecule has 0 spiro atoms. The normalized spacial score (nSPS) is 15.2. The average Bonchev–Trinajstić information content (AvgIpc) is 0.739. The number of hydrogen-bond donors (Lipinski definition) is 0. The lowest BCUT2D eigenvalue weighted by molar-refractivity contribution is 0.172. The third-order valence-electron chi connectivity index (χ3n) is 19.0. The topological polar surface area (TPSA) is 166 Å². The van der Waals surface area contributed by atoms with Crippen LogP contribution in [0.15, 0.2) is 109 Å². The Morgan fingerprint density at radius 3 is 0.500 bits per heavy atom. The maximum Gasteiger partial charge on any atom is 0.162 e. The van der Waals surface area contributed by atoms with Crippen molar-refractivity contribution in [2.45, 2.75) is 19.3 Å². The van der Waals surface area contributed by atoms with Crippen molar-refractivity contribution in [1.82, 2.24) is 0 Å². The fourth-order valence-corrected chi connectivity index (χ4v) is 14.5. The highest BCUT2D eigenvalue weighted by Crippen LogP contribution is 2.52. The molecule has 0 saturated heterocycles. The summed E-state index contributed by atoms with van der Waals surface area (Å²) in [6.45, 7) is 6.65. The van der Waals surface area contributed by atoms with Crippen LogP contribution in [0.1, 0.15) is 19.3 Å². The van der Waals surface area contributed by atoms with Crippen LogP contribution in [0.5, 0.6) is 103 Å². The van der Waals surface area contributed by atoms with Crippen molar-refractivity contribution < 1.29 is 85.3 Å². The summed E-state index contributed by atoms with van der Waals surface area (Å²) in [5.74, 6) is 12.0. The highest BCUT2D eigenvalue weighted by Gasteiger charge is 2.28. The molecule has 18 rings (SSSR count). The van der Waals surface area contributed by atoms with Gasteiger partial charge in [-0.2, -0.15) is 0 Å². The van der Waals surface area contributed by atoms with E-state index in [4.69, 9.17) is 85.3 Å². The molecule has 0 radical (unpaired) electrons. The summed E-state index contributed by atoms with van der Waals surface area (Å²) >= 11 is 0. The van der Waals surface area contributed by atoms with Crippen molar-refractivity contribution in [3.8, 4) is 103 Å². The van der Waals surface area contributed by atoms with Crippen LogP contribution in [0.3, 0.4) is 0 Å². The molecular formula is C76H64O18. The van der Waals surface area contributed by atoms with E-state index < -0.39 is 0 Å². The standard InChI is InChI=1S/C76H64O18/c1-77-59-22-41-44(50-31-68-74(92-19-16-86-68)37-56(50)53-34-71-65(28-47(41)53)83-10-13-89-71)25-62(59)80-7-4-40(5-8-81-63-26-45-42(23-60(63)78-2)48-29-66-72(90-14-11-84-66)35-54(48)57-38-75-69(32-51(45)57)87-17-20-93-75)6-9-82-64-27-46-43(24-61(64)79-3)49-30-67-73(91-15-12-85-67)36-55(49)58-39-76-70(33-52(46)58)88-18-21-94-76/h22-40H,4-21H2,1-3H3. The van der Waals surface area contributed by atoms with Gasteiger partial charge in [0.1, 0.15) is 79.3 Å². The third-order valence-corrected chi connectivity index (χ3v) is 19.0. The Balaban J connectivity index is 0.693. The molecule has 0 aliphatic carbocycles. The van der Waals surface area contributed by atoms with Gasteiger partial charge in [0.25, 0.3) is 0 Å². The quantitative estimate of drug-likeness (QED) is 0.0889. The lowest BCUT2D eigenvalue weighted by Crippen LogP contribution is -2.16. The van der Waals surface area contributed by atoms with E-state index in [0.29, 0.717) is 222 Å². The summed E-state index contributed by atoms with van der Waals surface area (Å²) in [4.78, 5) is 0. The molecule has 0 unspecified atom stereocenters. The number of hydrogen-bond acceptors (Lipinski definition) is 18. The summed E-state index contributed by atoms with van der Waals surface area (Å²) < 4.78 is 113. The molecular weight excluding hydrogens is 1200 g/mol. The minimum Gasteiger partial charge on any atom is -0.493 e. The van der Waals surface area contributed by atoms with Crippen LogP contribution >= 0.6 is 0 Å². The molecule has 0 atom stereocenters. The summed E-state index contributed by atoms with van der Waals surface area (Å²) in [7, 11) is 5.02. The molecule has 18 nitrogen and oxygen atoms in total. The minimum atomic E-state index is 0.0230. The molecule has 0 aromatic heterocycles.